The van der Waals surface area contributed by atoms with Gasteiger partial charge in [0.2, 0.25) is 0 Å². The van der Waals surface area contributed by atoms with E-state index in [0.717, 1.165) is 34.9 Å². The standard InChI is InChI=1S/C121H118N4/c1-80-107(120(8,9)10)77-89(119(5,6)7)78-113(80)123(109-61-30-26-51-99(109)103-57-35-44-85-42-33-54-96(115(85)103)82-38-17-13-18-39-82)93-68-65-84(66-69-93)98-56-37-59-105-102-70-64-81(72-114(102)125(117(98)105)92-48-23-16-24-49-92)79-121(11,12)90-74-88(118(2,3)4)75-94(76-90)124(110-62-31-27-52-100(110)104-58-36-45-86-43-34-55-97(116(86)104)83-40-19-14-20-41-83)108-60-29-25-50-95(108)87-67-71-112-106(73-87)101-53-28-32-63-111(101)122(112)91-46-21-15-22-47-91/h15-16,21-37,42-78,80,82-83,113H,13-14,17-20,38-41,79H2,1-12H3. The van der Waals surface area contributed by atoms with Crippen molar-refractivity contribution < 1.29 is 0 Å². The fourth-order valence-electron chi connectivity index (χ4n) is 22.1. The topological polar surface area (TPSA) is 16.3 Å². The van der Waals surface area contributed by atoms with Crippen LogP contribution >= 0.6 is 0 Å². The third kappa shape index (κ3) is 15.0. The van der Waals surface area contributed by atoms with E-state index < -0.39 is 0 Å². The molecule has 0 aliphatic heterocycles. The Balaban J connectivity index is 0.721. The predicted octanol–water partition coefficient (Wildman–Crippen LogP) is 34.3. The van der Waals surface area contributed by atoms with Crippen LogP contribution in [0.5, 0.6) is 0 Å². The van der Waals surface area contributed by atoms with Crippen molar-refractivity contribution in [1.29, 1.82) is 0 Å². The molecule has 17 aromatic rings. The number of nitrogens with zero attached hydrogens (tertiary/aromatic N) is 4. The SMILES string of the molecule is CC1C(C(C)(C)C)=CC(C(C)(C)C)=CC1N(c1ccc(-c2cccc3c4ccc(CC(C)(C)c5cc(N(c6ccccc6-c6ccc7c(c6)c6ccccc6n7-c6ccccc6)c6ccccc6-c6cccc7cccc(C8CCCCC8)c67)cc(C(C)(C)C)c5)cc4n(-c4ccccc4)c23)cc1)c1ccccc1-c1cccc2cccc(C3CCCCC3)c12. The first-order valence-electron chi connectivity index (χ1n) is 46.4. The maximum absolute atomic E-state index is 2.73. The Bertz CT molecular complexity index is 6990. The molecule has 4 heteroatoms. The van der Waals surface area contributed by atoms with Gasteiger partial charge in [-0.2, -0.15) is 0 Å². The zero-order valence-electron chi connectivity index (χ0n) is 75.2. The Labute approximate surface area is 741 Å². The maximum Gasteiger partial charge on any atom is 0.0619 e. The van der Waals surface area contributed by atoms with Gasteiger partial charge in [-0.25, -0.2) is 0 Å². The summed E-state index contributed by atoms with van der Waals surface area (Å²) in [5, 5.41) is 10.4. The second-order valence-electron chi connectivity index (χ2n) is 40.2. The summed E-state index contributed by atoms with van der Waals surface area (Å²) in [4.78, 5) is 5.37. The number of aromatic nitrogens is 2. The van der Waals surface area contributed by atoms with E-state index in [2.05, 4.69) is 442 Å². The first kappa shape index (κ1) is 80.9. The van der Waals surface area contributed by atoms with E-state index in [1.165, 1.54) is 224 Å². The monoisotopic (exact) mass is 1630 g/mol. The molecule has 2 saturated carbocycles. The van der Waals surface area contributed by atoms with Crippen LogP contribution in [-0.2, 0) is 17.3 Å². The van der Waals surface area contributed by atoms with Gasteiger partial charge in [-0.3, -0.25) is 0 Å². The molecule has 0 N–H and O–H groups in total. The molecule has 2 unspecified atom stereocenters. The predicted molar refractivity (Wildman–Crippen MR) is 537 cm³/mol. The summed E-state index contributed by atoms with van der Waals surface area (Å²) in [6.07, 6.45) is 18.7. The molecule has 622 valence electrons. The van der Waals surface area contributed by atoms with Crippen molar-refractivity contribution in [2.24, 2.45) is 16.7 Å². The summed E-state index contributed by atoms with van der Waals surface area (Å²) >= 11 is 0. The smallest absolute Gasteiger partial charge is 0.0619 e. The van der Waals surface area contributed by atoms with Crippen molar-refractivity contribution in [3.8, 4) is 55.9 Å². The van der Waals surface area contributed by atoms with Gasteiger partial charge in [-0.15, -0.1) is 0 Å². The fraction of sp³-hybridized carbons (Fsp3) is 0.256. The number of rotatable bonds is 17. The normalized spacial score (nSPS) is 15.9. The number of fused-ring (bicyclic) bond motifs is 8. The molecule has 125 heavy (non-hydrogen) atoms. The average Bonchev–Trinajstić information content (AvgIpc) is 1.66. The Morgan fingerprint density at radius 3 is 1.43 bits per heavy atom. The fourth-order valence-corrected chi connectivity index (χ4v) is 22.1. The molecule has 0 spiro atoms. The van der Waals surface area contributed by atoms with E-state index in [4.69, 9.17) is 0 Å². The molecular weight excluding hydrogens is 1510 g/mol. The van der Waals surface area contributed by atoms with Crippen molar-refractivity contribution in [3.63, 3.8) is 0 Å². The van der Waals surface area contributed by atoms with Crippen molar-refractivity contribution in [2.45, 2.75) is 182 Å². The van der Waals surface area contributed by atoms with Crippen LogP contribution in [0.25, 0.3) is 121 Å². The first-order valence-corrected chi connectivity index (χ1v) is 46.4. The van der Waals surface area contributed by atoms with Crippen molar-refractivity contribution in [1.82, 2.24) is 9.13 Å². The summed E-state index contributed by atoms with van der Waals surface area (Å²) < 4.78 is 5.00. The van der Waals surface area contributed by atoms with Crippen LogP contribution in [-0.4, -0.2) is 15.2 Å². The Morgan fingerprint density at radius 2 is 0.824 bits per heavy atom. The minimum atomic E-state index is -0.362. The molecule has 4 nitrogen and oxygen atoms in total. The van der Waals surface area contributed by atoms with Gasteiger partial charge in [0.25, 0.3) is 0 Å². The highest BCUT2D eigenvalue weighted by Gasteiger charge is 2.39. The molecule has 3 aliphatic rings. The van der Waals surface area contributed by atoms with Gasteiger partial charge in [0.05, 0.1) is 39.5 Å². The summed E-state index contributed by atoms with van der Waals surface area (Å²) in [5.41, 5.74) is 31.8. The Kier molecular flexibility index (Phi) is 21.1. The summed E-state index contributed by atoms with van der Waals surface area (Å²) in [6.45, 7) is 29.0. The molecule has 0 saturated heterocycles. The van der Waals surface area contributed by atoms with Crippen LogP contribution < -0.4 is 9.80 Å². The average molecular weight is 1630 g/mol. The van der Waals surface area contributed by atoms with Gasteiger partial charge >= 0.3 is 0 Å². The minimum Gasteiger partial charge on any atom is -0.333 e. The minimum absolute atomic E-state index is 0.0192. The lowest BCUT2D eigenvalue weighted by Gasteiger charge is -2.44. The van der Waals surface area contributed by atoms with Gasteiger partial charge in [0.15, 0.2) is 0 Å². The van der Waals surface area contributed by atoms with E-state index in [9.17, 15) is 0 Å². The number of hydrogen-bond acceptors (Lipinski definition) is 2. The quantitative estimate of drug-likeness (QED) is 0.0903. The largest absolute Gasteiger partial charge is 0.333 e. The molecule has 20 rings (SSSR count). The lowest BCUT2D eigenvalue weighted by molar-refractivity contribution is 0.399. The summed E-state index contributed by atoms with van der Waals surface area (Å²) in [7, 11) is 0. The second-order valence-corrected chi connectivity index (χ2v) is 40.2. The molecular formula is C121H118N4. The number of hydrogen-bond donors (Lipinski definition) is 0. The zero-order valence-corrected chi connectivity index (χ0v) is 75.2. The van der Waals surface area contributed by atoms with Crippen molar-refractivity contribution in [3.05, 3.63) is 379 Å². The summed E-state index contributed by atoms with van der Waals surface area (Å²) in [6, 6.07) is 126. The van der Waals surface area contributed by atoms with Crippen LogP contribution in [0.15, 0.2) is 351 Å². The van der Waals surface area contributed by atoms with Crippen molar-refractivity contribution in [2.75, 3.05) is 9.80 Å². The van der Waals surface area contributed by atoms with E-state index in [0.29, 0.717) is 11.8 Å². The lowest BCUT2D eigenvalue weighted by Crippen LogP contribution is -2.41. The maximum atomic E-state index is 2.73. The molecule has 3 aliphatic carbocycles. The van der Waals surface area contributed by atoms with E-state index in [1.807, 2.05) is 0 Å². The zero-order chi connectivity index (χ0) is 85.6. The Morgan fingerprint density at radius 1 is 0.336 bits per heavy atom. The van der Waals surface area contributed by atoms with Gasteiger partial charge in [0, 0.05) is 78.2 Å². The molecule has 2 heterocycles. The molecule has 2 atom stereocenters. The van der Waals surface area contributed by atoms with Crippen LogP contribution in [0.4, 0.5) is 28.4 Å². The summed E-state index contributed by atoms with van der Waals surface area (Å²) in [5.74, 6) is 1.28. The van der Waals surface area contributed by atoms with Crippen molar-refractivity contribution >= 4 is 93.6 Å². The van der Waals surface area contributed by atoms with Gasteiger partial charge in [-0.05, 0) is 234 Å². The first-order chi connectivity index (χ1) is 60.6. The molecule has 15 aromatic carbocycles. The van der Waals surface area contributed by atoms with Gasteiger partial charge in [0.1, 0.15) is 0 Å². The van der Waals surface area contributed by atoms with Crippen LogP contribution in [0.1, 0.15) is 187 Å². The second kappa shape index (κ2) is 32.6. The van der Waals surface area contributed by atoms with E-state index in [-0.39, 0.29) is 33.6 Å². The highest BCUT2D eigenvalue weighted by Crippen LogP contribution is 2.54. The van der Waals surface area contributed by atoms with Gasteiger partial charge < -0.3 is 18.9 Å². The highest BCUT2D eigenvalue weighted by molar-refractivity contribution is 6.15. The van der Waals surface area contributed by atoms with Crippen LogP contribution in [0, 0.1) is 16.7 Å². The van der Waals surface area contributed by atoms with Gasteiger partial charge in [-0.1, -0.05) is 376 Å². The molecule has 2 fully saturated rings. The molecule has 0 radical (unpaired) electrons. The number of para-hydroxylation sites is 7. The van der Waals surface area contributed by atoms with E-state index in [1.54, 1.807) is 0 Å². The number of anilines is 5. The van der Waals surface area contributed by atoms with Crippen LogP contribution in [0.2, 0.25) is 0 Å². The van der Waals surface area contributed by atoms with E-state index >= 15 is 0 Å². The number of benzene rings is 15. The van der Waals surface area contributed by atoms with Crippen LogP contribution in [0.3, 0.4) is 0 Å². The Hall–Kier alpha value is -12.5. The molecule has 2 aromatic heterocycles. The highest BCUT2D eigenvalue weighted by atomic mass is 15.2. The lowest BCUT2D eigenvalue weighted by atomic mass is 9.69. The molecule has 0 amide bonds. The third-order valence-corrected chi connectivity index (χ3v) is 28.5. The molecule has 0 bridgehead atoms. The number of allylic oxidation sites excluding steroid dienone is 2. The third-order valence-electron chi connectivity index (χ3n) is 28.5.